The summed E-state index contributed by atoms with van der Waals surface area (Å²) in [5.41, 5.74) is 2.17. The van der Waals surface area contributed by atoms with Crippen molar-refractivity contribution >= 4 is 27.3 Å². The number of carbonyl (C=O) groups excluding carboxylic acids is 1. The predicted octanol–water partition coefficient (Wildman–Crippen LogP) is 2.88. The van der Waals surface area contributed by atoms with Crippen molar-refractivity contribution in [1.82, 2.24) is 4.31 Å². The monoisotopic (exact) mass is 397 g/mol. The highest BCUT2D eigenvalue weighted by Gasteiger charge is 2.19. The number of carbonyl (C=O) groups is 1. The largest absolute Gasteiger partial charge is 0.376 e. The summed E-state index contributed by atoms with van der Waals surface area (Å²) in [5.74, 6) is -2.55. The summed E-state index contributed by atoms with van der Waals surface area (Å²) < 4.78 is 51.9. The van der Waals surface area contributed by atoms with E-state index in [-0.39, 0.29) is 17.1 Å². The van der Waals surface area contributed by atoms with Crippen molar-refractivity contribution in [2.75, 3.05) is 31.3 Å². The average Bonchev–Trinajstić information content (AvgIpc) is 2.59. The predicted molar refractivity (Wildman–Crippen MR) is 100 cm³/mol. The molecule has 0 unspecified atom stereocenters. The number of sulfonamides is 1. The molecule has 27 heavy (non-hydrogen) atoms. The van der Waals surface area contributed by atoms with Crippen LogP contribution in [-0.4, -0.2) is 39.3 Å². The highest BCUT2D eigenvalue weighted by atomic mass is 32.2. The molecule has 0 heterocycles. The third-order valence-electron chi connectivity index (χ3n) is 4.06. The van der Waals surface area contributed by atoms with Crippen LogP contribution in [0, 0.1) is 25.5 Å². The van der Waals surface area contributed by atoms with Crippen molar-refractivity contribution in [1.29, 1.82) is 0 Å². The zero-order valence-electron chi connectivity index (χ0n) is 15.4. The third kappa shape index (κ3) is 4.81. The first-order chi connectivity index (χ1) is 12.5. The van der Waals surface area contributed by atoms with Crippen molar-refractivity contribution in [3.63, 3.8) is 0 Å². The molecule has 2 aromatic rings. The Labute approximate surface area is 157 Å². The van der Waals surface area contributed by atoms with Crippen LogP contribution in [0.15, 0.2) is 35.2 Å². The van der Waals surface area contributed by atoms with Crippen LogP contribution in [0.1, 0.15) is 11.1 Å². The van der Waals surface area contributed by atoms with E-state index in [1.54, 1.807) is 19.9 Å². The topological polar surface area (TPSA) is 78.5 Å². The molecule has 9 heteroatoms. The van der Waals surface area contributed by atoms with Crippen LogP contribution in [0.25, 0.3) is 0 Å². The van der Waals surface area contributed by atoms with Crippen LogP contribution in [0.2, 0.25) is 0 Å². The number of nitrogens with zero attached hydrogens (tertiary/aromatic N) is 1. The van der Waals surface area contributed by atoms with Gasteiger partial charge in [-0.2, -0.15) is 0 Å². The molecule has 6 nitrogen and oxygen atoms in total. The molecule has 0 saturated carbocycles. The Kier molecular flexibility index (Phi) is 6.17. The zero-order valence-corrected chi connectivity index (χ0v) is 16.2. The van der Waals surface area contributed by atoms with Gasteiger partial charge in [0, 0.05) is 31.5 Å². The normalized spacial score (nSPS) is 11.5. The molecule has 146 valence electrons. The molecule has 0 saturated heterocycles. The molecule has 0 aliphatic carbocycles. The van der Waals surface area contributed by atoms with Crippen LogP contribution in [0.3, 0.4) is 0 Å². The quantitative estimate of drug-likeness (QED) is 0.786. The first kappa shape index (κ1) is 20.8. The maximum atomic E-state index is 13.2. The molecule has 0 aromatic heterocycles. The van der Waals surface area contributed by atoms with E-state index >= 15 is 0 Å². The van der Waals surface area contributed by atoms with Gasteiger partial charge in [0.2, 0.25) is 15.9 Å². The number of benzene rings is 2. The van der Waals surface area contributed by atoms with Gasteiger partial charge in [-0.3, -0.25) is 4.79 Å². The Morgan fingerprint density at radius 2 is 1.74 bits per heavy atom. The molecule has 0 atom stereocenters. The van der Waals surface area contributed by atoms with Crippen LogP contribution < -0.4 is 10.6 Å². The van der Waals surface area contributed by atoms with Gasteiger partial charge in [0.15, 0.2) is 11.6 Å². The summed E-state index contributed by atoms with van der Waals surface area (Å²) in [6.07, 6.45) is 0. The maximum absolute atomic E-state index is 13.2. The van der Waals surface area contributed by atoms with Crippen molar-refractivity contribution < 1.29 is 22.0 Å². The number of amides is 1. The van der Waals surface area contributed by atoms with E-state index in [1.165, 1.54) is 26.2 Å². The van der Waals surface area contributed by atoms with Crippen molar-refractivity contribution in [3.8, 4) is 0 Å². The highest BCUT2D eigenvalue weighted by molar-refractivity contribution is 7.89. The summed E-state index contributed by atoms with van der Waals surface area (Å²) in [6.45, 7) is 3.40. The molecule has 0 aliphatic heterocycles. The van der Waals surface area contributed by atoms with Crippen molar-refractivity contribution in [3.05, 3.63) is 53.1 Å². The first-order valence-corrected chi connectivity index (χ1v) is 9.49. The molecule has 1 amide bonds. The molecule has 0 spiro atoms. The van der Waals surface area contributed by atoms with E-state index in [4.69, 9.17) is 0 Å². The van der Waals surface area contributed by atoms with E-state index in [1.807, 2.05) is 0 Å². The second-order valence-corrected chi connectivity index (χ2v) is 8.38. The minimum absolute atomic E-state index is 0.110. The minimum Gasteiger partial charge on any atom is -0.376 e. The molecule has 0 aliphatic rings. The molecule has 2 N–H and O–H groups in total. The van der Waals surface area contributed by atoms with E-state index in [0.29, 0.717) is 5.69 Å². The summed E-state index contributed by atoms with van der Waals surface area (Å²) >= 11 is 0. The lowest BCUT2D eigenvalue weighted by atomic mass is 10.1. The fraction of sp³-hybridized carbons (Fsp3) is 0.278. The molecule has 2 aromatic carbocycles. The molecular weight excluding hydrogens is 376 g/mol. The van der Waals surface area contributed by atoms with Crippen LogP contribution >= 0.6 is 0 Å². The smallest absolute Gasteiger partial charge is 0.243 e. The highest BCUT2D eigenvalue weighted by Crippen LogP contribution is 2.25. The van der Waals surface area contributed by atoms with Gasteiger partial charge in [0.1, 0.15) is 0 Å². The van der Waals surface area contributed by atoms with Crippen molar-refractivity contribution in [2.45, 2.75) is 18.7 Å². The number of hydrogen-bond donors (Lipinski definition) is 2. The van der Waals surface area contributed by atoms with Crippen LogP contribution in [0.4, 0.5) is 20.2 Å². The number of rotatable bonds is 6. The molecule has 0 bridgehead atoms. The Morgan fingerprint density at radius 1 is 1.07 bits per heavy atom. The van der Waals surface area contributed by atoms with Gasteiger partial charge in [-0.25, -0.2) is 21.5 Å². The molecular formula is C18H21F2N3O3S. The summed E-state index contributed by atoms with van der Waals surface area (Å²) in [6, 6.07) is 6.07. The lowest BCUT2D eigenvalue weighted by molar-refractivity contribution is -0.114. The lowest BCUT2D eigenvalue weighted by Crippen LogP contribution is -2.24. The average molecular weight is 397 g/mol. The van der Waals surface area contributed by atoms with Gasteiger partial charge < -0.3 is 10.6 Å². The Bertz CT molecular complexity index is 976. The maximum Gasteiger partial charge on any atom is 0.243 e. The summed E-state index contributed by atoms with van der Waals surface area (Å²) in [4.78, 5) is 12.2. The van der Waals surface area contributed by atoms with E-state index in [0.717, 1.165) is 27.6 Å². The molecule has 2 rings (SSSR count). The fourth-order valence-corrected chi connectivity index (χ4v) is 3.34. The molecule has 0 fully saturated rings. The van der Waals surface area contributed by atoms with Gasteiger partial charge in [-0.1, -0.05) is 0 Å². The number of halogens is 2. The molecule has 0 radical (unpaired) electrons. The number of hydrogen-bond acceptors (Lipinski definition) is 4. The van der Waals surface area contributed by atoms with Gasteiger partial charge in [-0.05, 0) is 49.2 Å². The second-order valence-electron chi connectivity index (χ2n) is 6.23. The van der Waals surface area contributed by atoms with Gasteiger partial charge in [0.05, 0.1) is 11.4 Å². The van der Waals surface area contributed by atoms with Gasteiger partial charge in [0.25, 0.3) is 0 Å². The van der Waals surface area contributed by atoms with Crippen LogP contribution in [-0.2, 0) is 14.8 Å². The standard InChI is InChI=1S/C18H21F2N3O3S/c1-11-7-14(27(25,26)23(3)4)9-17(12(11)2)21-10-18(24)22-13-5-6-15(19)16(20)8-13/h5-9,21H,10H2,1-4H3,(H,22,24). The Hall–Kier alpha value is -2.52. The fourth-order valence-electron chi connectivity index (χ4n) is 2.32. The number of aryl methyl sites for hydroxylation is 1. The zero-order chi connectivity index (χ0) is 20.4. The third-order valence-corrected chi connectivity index (χ3v) is 5.86. The van der Waals surface area contributed by atoms with Gasteiger partial charge >= 0.3 is 0 Å². The van der Waals surface area contributed by atoms with Crippen LogP contribution in [0.5, 0.6) is 0 Å². The minimum atomic E-state index is -3.62. The van der Waals surface area contributed by atoms with Gasteiger partial charge in [-0.15, -0.1) is 0 Å². The van der Waals surface area contributed by atoms with E-state index in [2.05, 4.69) is 10.6 Å². The second kappa shape index (κ2) is 8.01. The van der Waals surface area contributed by atoms with Crippen molar-refractivity contribution in [2.24, 2.45) is 0 Å². The first-order valence-electron chi connectivity index (χ1n) is 8.05. The summed E-state index contributed by atoms with van der Waals surface area (Å²) in [7, 11) is -0.744. The Balaban J connectivity index is 2.16. The Morgan fingerprint density at radius 3 is 2.33 bits per heavy atom. The number of nitrogens with one attached hydrogen (secondary N) is 2. The lowest BCUT2D eigenvalue weighted by Gasteiger charge is -2.17. The SMILES string of the molecule is Cc1cc(S(=O)(=O)N(C)C)cc(NCC(=O)Nc2ccc(F)c(F)c2)c1C. The summed E-state index contributed by atoms with van der Waals surface area (Å²) in [5, 5.41) is 5.33. The van der Waals surface area contributed by atoms with E-state index in [9.17, 15) is 22.0 Å². The number of anilines is 2. The van der Waals surface area contributed by atoms with E-state index < -0.39 is 27.6 Å².